The fraction of sp³-hybridized carbons (Fsp3) is 0.296. The van der Waals surface area contributed by atoms with Crippen LogP contribution in [0.25, 0.3) is 16.9 Å². The highest BCUT2D eigenvalue weighted by Gasteiger charge is 2.32. The third-order valence-electron chi connectivity index (χ3n) is 6.48. The molecule has 1 fully saturated rings. The number of halogens is 3. The Balaban J connectivity index is 1.40. The van der Waals surface area contributed by atoms with Crippen LogP contribution in [-0.4, -0.2) is 48.7 Å². The lowest BCUT2D eigenvalue weighted by atomic mass is 9.97. The first-order valence-corrected chi connectivity index (χ1v) is 12.0. The fourth-order valence-electron chi connectivity index (χ4n) is 4.55. The van der Waals surface area contributed by atoms with Crippen LogP contribution in [0, 0.1) is 6.92 Å². The standard InChI is InChI=1S/C27H25F3N6O/c1-18-4-5-19(10-25(18)36-16-24(33-34-36)22-13-31-17-32-14-22)11-26(37)21-8-20(15-35-6-2-3-7-35)9-23(12-21)27(28,29)30/h4-5,8-10,12-14,16-17H,2-3,6-7,11,15H2,1H3. The van der Waals surface area contributed by atoms with E-state index in [2.05, 4.69) is 25.2 Å². The van der Waals surface area contributed by atoms with E-state index in [4.69, 9.17) is 0 Å². The molecule has 7 nitrogen and oxygen atoms in total. The number of aromatic nitrogens is 5. The molecule has 2 aromatic carbocycles. The van der Waals surface area contributed by atoms with Gasteiger partial charge < -0.3 is 0 Å². The van der Waals surface area contributed by atoms with Gasteiger partial charge in [0.15, 0.2) is 5.78 Å². The lowest BCUT2D eigenvalue weighted by molar-refractivity contribution is -0.137. The summed E-state index contributed by atoms with van der Waals surface area (Å²) in [5, 5.41) is 8.38. The van der Waals surface area contributed by atoms with E-state index in [9.17, 15) is 18.0 Å². The molecule has 37 heavy (non-hydrogen) atoms. The number of alkyl halides is 3. The summed E-state index contributed by atoms with van der Waals surface area (Å²) in [5.74, 6) is -0.371. The Bertz CT molecular complexity index is 1410. The highest BCUT2D eigenvalue weighted by atomic mass is 19.4. The first-order chi connectivity index (χ1) is 17.8. The van der Waals surface area contributed by atoms with Crippen molar-refractivity contribution in [1.29, 1.82) is 0 Å². The maximum atomic E-state index is 13.6. The molecule has 0 bridgehead atoms. The zero-order valence-electron chi connectivity index (χ0n) is 20.2. The minimum Gasteiger partial charge on any atom is -0.299 e. The number of Topliss-reactive ketones (excluding diaryl/α,β-unsaturated/α-hetero) is 1. The minimum atomic E-state index is -4.53. The van der Waals surface area contributed by atoms with Crippen molar-refractivity contribution in [1.82, 2.24) is 29.9 Å². The van der Waals surface area contributed by atoms with Gasteiger partial charge in [-0.2, -0.15) is 13.2 Å². The van der Waals surface area contributed by atoms with E-state index < -0.39 is 11.7 Å². The molecule has 0 N–H and O–H groups in total. The fourth-order valence-corrected chi connectivity index (χ4v) is 4.55. The van der Waals surface area contributed by atoms with Crippen LogP contribution in [0.3, 0.4) is 0 Å². The van der Waals surface area contributed by atoms with Crippen molar-refractivity contribution in [3.63, 3.8) is 0 Å². The third-order valence-corrected chi connectivity index (χ3v) is 6.48. The monoisotopic (exact) mass is 506 g/mol. The Morgan fingerprint density at radius 1 is 1.00 bits per heavy atom. The summed E-state index contributed by atoms with van der Waals surface area (Å²) in [6, 6.07) is 9.17. The van der Waals surface area contributed by atoms with E-state index in [1.54, 1.807) is 35.4 Å². The zero-order valence-corrected chi connectivity index (χ0v) is 20.2. The number of carbonyl (C=O) groups is 1. The summed E-state index contributed by atoms with van der Waals surface area (Å²) >= 11 is 0. The molecule has 1 aliphatic heterocycles. The second kappa shape index (κ2) is 10.2. The van der Waals surface area contributed by atoms with Crippen LogP contribution in [0.5, 0.6) is 0 Å². The summed E-state index contributed by atoms with van der Waals surface area (Å²) in [5.41, 5.74) is 3.39. The Labute approximate surface area is 212 Å². The van der Waals surface area contributed by atoms with Crippen LogP contribution >= 0.6 is 0 Å². The number of hydrogen-bond acceptors (Lipinski definition) is 6. The van der Waals surface area contributed by atoms with Crippen molar-refractivity contribution >= 4 is 5.78 Å². The van der Waals surface area contributed by atoms with Crippen LogP contribution in [0.4, 0.5) is 13.2 Å². The number of rotatable bonds is 7. The predicted molar refractivity (Wildman–Crippen MR) is 131 cm³/mol. The maximum Gasteiger partial charge on any atom is 0.416 e. The van der Waals surface area contributed by atoms with Gasteiger partial charge in [-0.15, -0.1) is 5.10 Å². The van der Waals surface area contributed by atoms with Gasteiger partial charge in [-0.1, -0.05) is 17.3 Å². The van der Waals surface area contributed by atoms with Crippen LogP contribution in [0.1, 0.15) is 45.5 Å². The second-order valence-electron chi connectivity index (χ2n) is 9.30. The molecule has 5 rings (SSSR count). The van der Waals surface area contributed by atoms with Gasteiger partial charge in [0.2, 0.25) is 0 Å². The van der Waals surface area contributed by atoms with Gasteiger partial charge in [0.25, 0.3) is 0 Å². The van der Waals surface area contributed by atoms with Crippen LogP contribution in [-0.2, 0) is 19.1 Å². The van der Waals surface area contributed by atoms with E-state index in [0.29, 0.717) is 28.9 Å². The number of benzene rings is 2. The van der Waals surface area contributed by atoms with E-state index in [1.807, 2.05) is 19.1 Å². The van der Waals surface area contributed by atoms with Gasteiger partial charge in [0, 0.05) is 36.5 Å². The quantitative estimate of drug-likeness (QED) is 0.326. The lowest BCUT2D eigenvalue weighted by Crippen LogP contribution is -2.19. The SMILES string of the molecule is Cc1ccc(CC(=O)c2cc(CN3CCCC3)cc(C(F)(F)F)c2)cc1-n1cc(-c2cncnc2)nn1. The van der Waals surface area contributed by atoms with Gasteiger partial charge in [0.1, 0.15) is 12.0 Å². The van der Waals surface area contributed by atoms with Crippen molar-refractivity contribution in [2.75, 3.05) is 13.1 Å². The molecular weight excluding hydrogens is 481 g/mol. The topological polar surface area (TPSA) is 76.8 Å². The van der Waals surface area contributed by atoms with Crippen molar-refractivity contribution in [3.8, 4) is 16.9 Å². The summed E-state index contributed by atoms with van der Waals surface area (Å²) < 4.78 is 42.4. The van der Waals surface area contributed by atoms with Crippen LogP contribution in [0.15, 0.2) is 61.3 Å². The number of carbonyl (C=O) groups excluding carboxylic acids is 1. The molecule has 4 aromatic rings. The molecule has 0 radical (unpaired) electrons. The molecular formula is C27H25F3N6O. The number of nitrogens with zero attached hydrogens (tertiary/aromatic N) is 6. The normalized spacial score (nSPS) is 14.3. The van der Waals surface area contributed by atoms with E-state index in [-0.39, 0.29) is 17.8 Å². The molecule has 10 heteroatoms. The molecule has 0 aliphatic carbocycles. The maximum absolute atomic E-state index is 13.6. The molecule has 2 aromatic heterocycles. The van der Waals surface area contributed by atoms with Gasteiger partial charge in [-0.3, -0.25) is 9.69 Å². The smallest absolute Gasteiger partial charge is 0.299 e. The van der Waals surface area contributed by atoms with Gasteiger partial charge in [0.05, 0.1) is 17.4 Å². The summed E-state index contributed by atoms with van der Waals surface area (Å²) in [4.78, 5) is 23.3. The van der Waals surface area contributed by atoms with Crippen molar-refractivity contribution in [2.45, 2.75) is 38.9 Å². The van der Waals surface area contributed by atoms with Crippen LogP contribution in [0.2, 0.25) is 0 Å². The molecule has 0 spiro atoms. The first-order valence-electron chi connectivity index (χ1n) is 12.0. The van der Waals surface area contributed by atoms with Crippen molar-refractivity contribution in [2.24, 2.45) is 0 Å². The average molecular weight is 507 g/mol. The van der Waals surface area contributed by atoms with Crippen molar-refractivity contribution in [3.05, 3.63) is 89.1 Å². The first kappa shape index (κ1) is 24.8. The molecule has 190 valence electrons. The summed E-state index contributed by atoms with van der Waals surface area (Å²) in [6.45, 7) is 4.02. The summed E-state index contributed by atoms with van der Waals surface area (Å²) in [6.07, 6.45) is 3.95. The number of likely N-dealkylation sites (tertiary alicyclic amines) is 1. The average Bonchev–Trinajstić information content (AvgIpc) is 3.58. The Hall–Kier alpha value is -3.92. The summed E-state index contributed by atoms with van der Waals surface area (Å²) in [7, 11) is 0. The van der Waals surface area contributed by atoms with Gasteiger partial charge in [-0.05, 0) is 73.8 Å². The molecule has 0 amide bonds. The Morgan fingerprint density at radius 2 is 1.76 bits per heavy atom. The molecule has 0 saturated carbocycles. The molecule has 1 saturated heterocycles. The number of aryl methyl sites for hydroxylation is 1. The Kier molecular flexibility index (Phi) is 6.84. The van der Waals surface area contributed by atoms with E-state index >= 15 is 0 Å². The lowest BCUT2D eigenvalue weighted by Gasteiger charge is -2.17. The molecule has 3 heterocycles. The van der Waals surface area contributed by atoms with E-state index in [0.717, 1.165) is 49.3 Å². The van der Waals surface area contributed by atoms with Crippen molar-refractivity contribution < 1.29 is 18.0 Å². The number of ketones is 1. The third kappa shape index (κ3) is 5.75. The van der Waals surface area contributed by atoms with Gasteiger partial charge in [-0.25, -0.2) is 14.6 Å². The van der Waals surface area contributed by atoms with Gasteiger partial charge >= 0.3 is 6.18 Å². The molecule has 0 unspecified atom stereocenters. The highest BCUT2D eigenvalue weighted by Crippen LogP contribution is 2.32. The molecule has 1 aliphatic rings. The number of hydrogen-bond donors (Lipinski definition) is 0. The van der Waals surface area contributed by atoms with E-state index in [1.165, 1.54) is 6.33 Å². The predicted octanol–water partition coefficient (Wildman–Crippen LogP) is 5.07. The second-order valence-corrected chi connectivity index (χ2v) is 9.30. The largest absolute Gasteiger partial charge is 0.416 e. The van der Waals surface area contributed by atoms with Crippen LogP contribution < -0.4 is 0 Å². The highest BCUT2D eigenvalue weighted by molar-refractivity contribution is 5.98. The zero-order chi connectivity index (χ0) is 26.0. The molecule has 0 atom stereocenters. The Morgan fingerprint density at radius 3 is 2.49 bits per heavy atom. The minimum absolute atomic E-state index is 0.0359.